The summed E-state index contributed by atoms with van der Waals surface area (Å²) < 4.78 is 5.82. The maximum absolute atomic E-state index is 10.7. The molecule has 1 heterocycles. The zero-order valence-electron chi connectivity index (χ0n) is 16.0. The fourth-order valence-electron chi connectivity index (χ4n) is 3.08. The van der Waals surface area contributed by atoms with E-state index in [2.05, 4.69) is 9.97 Å². The number of aromatic nitrogens is 2. The SMILES string of the molecule is Cc1ccc(COc2ccc(-c3nc(N)ncc3-c3ccccc3)c(O)c2)cc1. The van der Waals surface area contributed by atoms with Crippen LogP contribution in [0.2, 0.25) is 0 Å². The minimum Gasteiger partial charge on any atom is -0.507 e. The van der Waals surface area contributed by atoms with E-state index in [0.29, 0.717) is 23.6 Å². The molecule has 0 radical (unpaired) electrons. The van der Waals surface area contributed by atoms with Crippen molar-refractivity contribution in [3.8, 4) is 33.9 Å². The van der Waals surface area contributed by atoms with Gasteiger partial charge >= 0.3 is 0 Å². The third-order valence-electron chi connectivity index (χ3n) is 4.64. The van der Waals surface area contributed by atoms with Crippen LogP contribution in [0.4, 0.5) is 5.95 Å². The minimum atomic E-state index is 0.0710. The molecule has 0 aliphatic carbocycles. The smallest absolute Gasteiger partial charge is 0.220 e. The number of aryl methyl sites for hydroxylation is 1. The minimum absolute atomic E-state index is 0.0710. The quantitative estimate of drug-likeness (QED) is 0.508. The maximum atomic E-state index is 10.7. The average molecular weight is 383 g/mol. The summed E-state index contributed by atoms with van der Waals surface area (Å²) in [4.78, 5) is 8.50. The summed E-state index contributed by atoms with van der Waals surface area (Å²) >= 11 is 0. The lowest BCUT2D eigenvalue weighted by Gasteiger charge is -2.13. The number of hydrogen-bond donors (Lipinski definition) is 2. The van der Waals surface area contributed by atoms with E-state index in [1.165, 1.54) is 5.56 Å². The Morgan fingerprint density at radius 2 is 1.69 bits per heavy atom. The van der Waals surface area contributed by atoms with Crippen molar-refractivity contribution in [1.82, 2.24) is 9.97 Å². The van der Waals surface area contributed by atoms with Crippen LogP contribution in [0.15, 0.2) is 79.0 Å². The first-order valence-corrected chi connectivity index (χ1v) is 9.30. The van der Waals surface area contributed by atoms with Crippen LogP contribution in [0.5, 0.6) is 11.5 Å². The highest BCUT2D eigenvalue weighted by atomic mass is 16.5. The molecule has 0 atom stereocenters. The third-order valence-corrected chi connectivity index (χ3v) is 4.64. The lowest BCUT2D eigenvalue weighted by molar-refractivity contribution is 0.304. The van der Waals surface area contributed by atoms with Gasteiger partial charge in [-0.25, -0.2) is 9.97 Å². The number of phenolic OH excluding ortho intramolecular Hbond substituents is 1. The maximum Gasteiger partial charge on any atom is 0.220 e. The van der Waals surface area contributed by atoms with E-state index < -0.39 is 0 Å². The van der Waals surface area contributed by atoms with E-state index in [9.17, 15) is 5.11 Å². The Morgan fingerprint density at radius 1 is 0.931 bits per heavy atom. The summed E-state index contributed by atoms with van der Waals surface area (Å²) in [6, 6.07) is 23.1. The van der Waals surface area contributed by atoms with Crippen LogP contribution in [0.3, 0.4) is 0 Å². The van der Waals surface area contributed by atoms with Crippen molar-refractivity contribution in [3.63, 3.8) is 0 Å². The zero-order valence-corrected chi connectivity index (χ0v) is 16.0. The number of ether oxygens (including phenoxy) is 1. The first kappa shape index (κ1) is 18.5. The molecule has 1 aromatic heterocycles. The monoisotopic (exact) mass is 383 g/mol. The second kappa shape index (κ2) is 8.02. The fraction of sp³-hybridized carbons (Fsp3) is 0.0833. The van der Waals surface area contributed by atoms with Gasteiger partial charge in [0, 0.05) is 23.4 Å². The van der Waals surface area contributed by atoms with Crippen molar-refractivity contribution in [2.75, 3.05) is 5.73 Å². The van der Waals surface area contributed by atoms with Gasteiger partial charge in [-0.3, -0.25) is 0 Å². The molecule has 3 aromatic carbocycles. The number of anilines is 1. The molecule has 4 rings (SSSR count). The number of phenols is 1. The molecule has 0 saturated heterocycles. The Bertz CT molecular complexity index is 1130. The summed E-state index contributed by atoms with van der Waals surface area (Å²) in [6.45, 7) is 2.47. The Balaban J connectivity index is 1.63. The summed E-state index contributed by atoms with van der Waals surface area (Å²) in [5.41, 5.74) is 11.0. The molecule has 0 aliphatic heterocycles. The molecule has 0 aliphatic rings. The van der Waals surface area contributed by atoms with Gasteiger partial charge in [0.2, 0.25) is 5.95 Å². The van der Waals surface area contributed by atoms with E-state index >= 15 is 0 Å². The van der Waals surface area contributed by atoms with Crippen LogP contribution < -0.4 is 10.5 Å². The second-order valence-electron chi connectivity index (χ2n) is 6.81. The Hall–Kier alpha value is -3.86. The van der Waals surface area contributed by atoms with Gasteiger partial charge in [-0.15, -0.1) is 0 Å². The number of nitrogen functional groups attached to an aromatic ring is 1. The van der Waals surface area contributed by atoms with E-state index in [1.807, 2.05) is 67.6 Å². The van der Waals surface area contributed by atoms with Crippen LogP contribution in [0.1, 0.15) is 11.1 Å². The van der Waals surface area contributed by atoms with Crippen LogP contribution in [0, 0.1) is 6.92 Å². The van der Waals surface area contributed by atoms with E-state index in [-0.39, 0.29) is 11.7 Å². The van der Waals surface area contributed by atoms with Crippen molar-refractivity contribution in [2.45, 2.75) is 13.5 Å². The topological polar surface area (TPSA) is 81.3 Å². The molecule has 0 bridgehead atoms. The number of aromatic hydroxyl groups is 1. The molecule has 0 spiro atoms. The van der Waals surface area contributed by atoms with Crippen molar-refractivity contribution >= 4 is 5.95 Å². The van der Waals surface area contributed by atoms with Gasteiger partial charge in [0.15, 0.2) is 0 Å². The number of hydrogen-bond acceptors (Lipinski definition) is 5. The van der Waals surface area contributed by atoms with Gasteiger partial charge < -0.3 is 15.6 Å². The Morgan fingerprint density at radius 3 is 2.41 bits per heavy atom. The highest BCUT2D eigenvalue weighted by molar-refractivity contribution is 5.83. The van der Waals surface area contributed by atoms with Crippen molar-refractivity contribution < 1.29 is 9.84 Å². The molecule has 3 N–H and O–H groups in total. The van der Waals surface area contributed by atoms with E-state index in [4.69, 9.17) is 10.5 Å². The Kier molecular flexibility index (Phi) is 5.12. The van der Waals surface area contributed by atoms with E-state index in [0.717, 1.165) is 16.7 Å². The molecule has 0 unspecified atom stereocenters. The second-order valence-corrected chi connectivity index (χ2v) is 6.81. The highest BCUT2D eigenvalue weighted by Crippen LogP contribution is 2.37. The predicted molar refractivity (Wildman–Crippen MR) is 114 cm³/mol. The van der Waals surface area contributed by atoms with Crippen LogP contribution in [-0.2, 0) is 6.61 Å². The molecule has 0 amide bonds. The fourth-order valence-corrected chi connectivity index (χ4v) is 3.08. The molecule has 4 aromatic rings. The standard InChI is InChI=1S/C24H21N3O2/c1-16-7-9-17(10-8-16)15-29-19-11-12-20(22(28)13-19)23-21(14-26-24(25)27-23)18-5-3-2-4-6-18/h2-14,28H,15H2,1H3,(H2,25,26,27). The number of rotatable bonds is 5. The molecule has 0 saturated carbocycles. The molecule has 144 valence electrons. The van der Waals surface area contributed by atoms with Crippen LogP contribution in [-0.4, -0.2) is 15.1 Å². The summed E-state index contributed by atoms with van der Waals surface area (Å²) in [6.07, 6.45) is 1.67. The Labute approximate surface area is 169 Å². The molecule has 29 heavy (non-hydrogen) atoms. The number of nitrogens with zero attached hydrogens (tertiary/aromatic N) is 2. The third kappa shape index (κ3) is 4.19. The molecular weight excluding hydrogens is 362 g/mol. The number of benzene rings is 3. The van der Waals surface area contributed by atoms with Crippen LogP contribution in [0.25, 0.3) is 22.4 Å². The largest absolute Gasteiger partial charge is 0.507 e. The van der Waals surface area contributed by atoms with Gasteiger partial charge in [0.25, 0.3) is 0 Å². The summed E-state index contributed by atoms with van der Waals surface area (Å²) in [5.74, 6) is 0.801. The molecule has 5 nitrogen and oxygen atoms in total. The van der Waals surface area contributed by atoms with Gasteiger partial charge in [-0.1, -0.05) is 60.2 Å². The van der Waals surface area contributed by atoms with Crippen LogP contribution >= 0.6 is 0 Å². The predicted octanol–water partition coefficient (Wildman–Crippen LogP) is 4.99. The average Bonchev–Trinajstić information content (AvgIpc) is 2.74. The van der Waals surface area contributed by atoms with Gasteiger partial charge in [-0.05, 0) is 30.2 Å². The van der Waals surface area contributed by atoms with Gasteiger partial charge in [0.1, 0.15) is 18.1 Å². The van der Waals surface area contributed by atoms with Gasteiger partial charge in [0.05, 0.1) is 5.69 Å². The molecule has 0 fully saturated rings. The van der Waals surface area contributed by atoms with Crippen molar-refractivity contribution in [1.29, 1.82) is 0 Å². The first-order valence-electron chi connectivity index (χ1n) is 9.30. The molecule has 5 heteroatoms. The lowest BCUT2D eigenvalue weighted by Crippen LogP contribution is -1.99. The van der Waals surface area contributed by atoms with E-state index in [1.54, 1.807) is 18.3 Å². The molecular formula is C24H21N3O2. The highest BCUT2D eigenvalue weighted by Gasteiger charge is 2.15. The lowest BCUT2D eigenvalue weighted by atomic mass is 10.00. The summed E-state index contributed by atoms with van der Waals surface area (Å²) in [5, 5.41) is 10.7. The first-order chi connectivity index (χ1) is 14.1. The van der Waals surface area contributed by atoms with Gasteiger partial charge in [-0.2, -0.15) is 0 Å². The number of nitrogens with two attached hydrogens (primary N) is 1. The van der Waals surface area contributed by atoms with Crippen molar-refractivity contribution in [3.05, 3.63) is 90.1 Å². The van der Waals surface area contributed by atoms with Crippen molar-refractivity contribution in [2.24, 2.45) is 0 Å². The zero-order chi connectivity index (χ0) is 20.2. The normalized spacial score (nSPS) is 10.7. The summed E-state index contributed by atoms with van der Waals surface area (Å²) in [7, 11) is 0.